The molecule has 0 aliphatic heterocycles. The number of rotatable bonds is 2. The molecule has 0 aliphatic carbocycles. The summed E-state index contributed by atoms with van der Waals surface area (Å²) in [5, 5.41) is 12.6. The summed E-state index contributed by atoms with van der Waals surface area (Å²) in [7, 11) is 0. The summed E-state index contributed by atoms with van der Waals surface area (Å²) in [6, 6.07) is 12.7. The fraction of sp³-hybridized carbons (Fsp3) is 0.125. The molecular weight excluding hydrogens is 295 g/mol. The second-order valence-electron chi connectivity index (χ2n) is 4.64. The lowest BCUT2D eigenvalue weighted by molar-refractivity contribution is 0.219. The molecule has 0 bridgehead atoms. The van der Waals surface area contributed by atoms with Gasteiger partial charge in [-0.3, -0.25) is 0 Å². The van der Waals surface area contributed by atoms with E-state index in [-0.39, 0.29) is 0 Å². The Morgan fingerprint density at radius 3 is 2.65 bits per heavy atom. The van der Waals surface area contributed by atoms with Crippen LogP contribution in [0.2, 0.25) is 10.0 Å². The predicted molar refractivity (Wildman–Crippen MR) is 81.5 cm³/mol. The Balaban J connectivity index is 2.20. The Morgan fingerprint density at radius 1 is 1.10 bits per heavy atom. The van der Waals surface area contributed by atoms with Crippen molar-refractivity contribution in [2.45, 2.75) is 13.0 Å². The molecule has 1 N–H and O–H groups in total. The highest BCUT2D eigenvalue weighted by Gasteiger charge is 2.22. The van der Waals surface area contributed by atoms with Crippen LogP contribution in [-0.2, 0) is 0 Å². The summed E-state index contributed by atoms with van der Waals surface area (Å²) in [5.41, 5.74) is 2.05. The fourth-order valence-corrected chi connectivity index (χ4v) is 2.81. The van der Waals surface area contributed by atoms with Gasteiger partial charge in [-0.05, 0) is 31.2 Å². The minimum Gasteiger partial charge on any atom is -0.461 e. The largest absolute Gasteiger partial charge is 0.461 e. The molecule has 0 aliphatic rings. The molecule has 1 aromatic heterocycles. The number of hydrogen-bond donors (Lipinski definition) is 1. The summed E-state index contributed by atoms with van der Waals surface area (Å²) in [4.78, 5) is 0. The van der Waals surface area contributed by atoms with E-state index in [2.05, 4.69) is 0 Å². The van der Waals surface area contributed by atoms with E-state index in [1.165, 1.54) is 0 Å². The molecule has 0 saturated carbocycles. The number of hydrogen-bond acceptors (Lipinski definition) is 2. The first-order valence-corrected chi connectivity index (χ1v) is 6.94. The number of halogens is 2. The maximum absolute atomic E-state index is 10.7. The summed E-state index contributed by atoms with van der Waals surface area (Å²) < 4.78 is 5.68. The molecule has 1 atom stereocenters. The van der Waals surface area contributed by atoms with Crippen LogP contribution in [-0.4, -0.2) is 5.11 Å². The number of fused-ring (bicyclic) bond motifs is 1. The number of furan rings is 1. The SMILES string of the molecule is Cc1oc2ccccc2c1C(O)c1cc(Cl)ccc1Cl. The van der Waals surface area contributed by atoms with Crippen LogP contribution in [0.5, 0.6) is 0 Å². The molecule has 0 spiro atoms. The van der Waals surface area contributed by atoms with Gasteiger partial charge in [0.25, 0.3) is 0 Å². The van der Waals surface area contributed by atoms with Gasteiger partial charge >= 0.3 is 0 Å². The fourth-order valence-electron chi connectivity index (χ4n) is 2.41. The second kappa shape index (κ2) is 5.13. The van der Waals surface area contributed by atoms with Crippen LogP contribution < -0.4 is 0 Å². The first-order valence-electron chi connectivity index (χ1n) is 6.19. The third-order valence-corrected chi connectivity index (χ3v) is 3.92. The average Bonchev–Trinajstić information content (AvgIpc) is 2.76. The normalized spacial score (nSPS) is 12.8. The summed E-state index contributed by atoms with van der Waals surface area (Å²) in [6.45, 7) is 1.83. The van der Waals surface area contributed by atoms with Crippen molar-refractivity contribution in [2.75, 3.05) is 0 Å². The molecular formula is C16H12Cl2O2. The van der Waals surface area contributed by atoms with E-state index >= 15 is 0 Å². The van der Waals surface area contributed by atoms with Crippen molar-refractivity contribution in [3.63, 3.8) is 0 Å². The highest BCUT2D eigenvalue weighted by atomic mass is 35.5. The highest BCUT2D eigenvalue weighted by molar-refractivity contribution is 6.33. The Labute approximate surface area is 126 Å². The molecule has 1 unspecified atom stereocenters. The van der Waals surface area contributed by atoms with Gasteiger partial charge in [-0.15, -0.1) is 0 Å². The summed E-state index contributed by atoms with van der Waals surface area (Å²) in [6.07, 6.45) is -0.871. The molecule has 0 amide bonds. The molecule has 0 saturated heterocycles. The lowest BCUT2D eigenvalue weighted by Gasteiger charge is -2.13. The van der Waals surface area contributed by atoms with E-state index in [1.807, 2.05) is 31.2 Å². The van der Waals surface area contributed by atoms with Crippen molar-refractivity contribution in [3.8, 4) is 0 Å². The van der Waals surface area contributed by atoms with Crippen molar-refractivity contribution in [2.24, 2.45) is 0 Å². The molecule has 3 rings (SSSR count). The molecule has 0 radical (unpaired) electrons. The number of aliphatic hydroxyl groups is 1. The van der Waals surface area contributed by atoms with Gasteiger partial charge in [0.2, 0.25) is 0 Å². The van der Waals surface area contributed by atoms with Crippen LogP contribution in [0.1, 0.15) is 23.0 Å². The zero-order valence-electron chi connectivity index (χ0n) is 10.7. The van der Waals surface area contributed by atoms with Gasteiger partial charge in [-0.1, -0.05) is 41.4 Å². The third-order valence-electron chi connectivity index (χ3n) is 3.35. The minimum atomic E-state index is -0.871. The zero-order valence-corrected chi connectivity index (χ0v) is 12.2. The van der Waals surface area contributed by atoms with E-state index in [9.17, 15) is 5.11 Å². The average molecular weight is 307 g/mol. The molecule has 20 heavy (non-hydrogen) atoms. The number of aryl methyl sites for hydroxylation is 1. The van der Waals surface area contributed by atoms with Crippen LogP contribution in [0.15, 0.2) is 46.9 Å². The topological polar surface area (TPSA) is 33.4 Å². The van der Waals surface area contributed by atoms with Crippen molar-refractivity contribution >= 4 is 34.2 Å². The minimum absolute atomic E-state index is 0.478. The van der Waals surface area contributed by atoms with Crippen molar-refractivity contribution in [3.05, 3.63) is 69.4 Å². The molecule has 3 aromatic rings. The molecule has 0 fully saturated rings. The maximum atomic E-state index is 10.7. The van der Waals surface area contributed by atoms with E-state index in [0.717, 1.165) is 16.5 Å². The predicted octanol–water partition coefficient (Wildman–Crippen LogP) is 5.13. The first-order chi connectivity index (χ1) is 9.58. The monoisotopic (exact) mass is 306 g/mol. The van der Waals surface area contributed by atoms with Gasteiger partial charge in [-0.2, -0.15) is 0 Å². The Kier molecular flexibility index (Phi) is 3.47. The Hall–Kier alpha value is -1.48. The summed E-state index contributed by atoms with van der Waals surface area (Å²) in [5.74, 6) is 0.676. The van der Waals surface area contributed by atoms with Crippen LogP contribution in [0.4, 0.5) is 0 Å². The Bertz CT molecular complexity index is 777. The highest BCUT2D eigenvalue weighted by Crippen LogP contribution is 2.37. The van der Waals surface area contributed by atoms with Crippen LogP contribution in [0.25, 0.3) is 11.0 Å². The van der Waals surface area contributed by atoms with Crippen LogP contribution >= 0.6 is 23.2 Å². The summed E-state index contributed by atoms with van der Waals surface area (Å²) >= 11 is 12.1. The van der Waals surface area contributed by atoms with E-state index < -0.39 is 6.10 Å². The van der Waals surface area contributed by atoms with Crippen LogP contribution in [0.3, 0.4) is 0 Å². The quantitative estimate of drug-likeness (QED) is 0.712. The third kappa shape index (κ3) is 2.20. The van der Waals surface area contributed by atoms with E-state index in [1.54, 1.807) is 18.2 Å². The van der Waals surface area contributed by atoms with Gasteiger partial charge < -0.3 is 9.52 Å². The maximum Gasteiger partial charge on any atom is 0.134 e. The number of aliphatic hydroxyl groups excluding tert-OH is 1. The zero-order chi connectivity index (χ0) is 14.3. The van der Waals surface area contributed by atoms with Crippen molar-refractivity contribution < 1.29 is 9.52 Å². The first kappa shape index (κ1) is 13.5. The standard InChI is InChI=1S/C16H12Cl2O2/c1-9-15(11-4-2-3-5-14(11)20-9)16(19)12-8-10(17)6-7-13(12)18/h2-8,16,19H,1H3. The van der Waals surface area contributed by atoms with E-state index in [4.69, 9.17) is 27.6 Å². The second-order valence-corrected chi connectivity index (χ2v) is 5.48. The van der Waals surface area contributed by atoms with Crippen molar-refractivity contribution in [1.82, 2.24) is 0 Å². The molecule has 2 aromatic carbocycles. The van der Waals surface area contributed by atoms with Crippen molar-refractivity contribution in [1.29, 1.82) is 0 Å². The van der Waals surface area contributed by atoms with E-state index in [0.29, 0.717) is 21.4 Å². The van der Waals surface area contributed by atoms with Gasteiger partial charge in [0.15, 0.2) is 0 Å². The molecule has 2 nitrogen and oxygen atoms in total. The number of benzene rings is 2. The lowest BCUT2D eigenvalue weighted by atomic mass is 9.99. The Morgan fingerprint density at radius 2 is 1.85 bits per heavy atom. The van der Waals surface area contributed by atoms with Crippen LogP contribution in [0, 0.1) is 6.92 Å². The van der Waals surface area contributed by atoms with Gasteiger partial charge in [-0.25, -0.2) is 0 Å². The van der Waals surface area contributed by atoms with Gasteiger partial charge in [0.05, 0.1) is 0 Å². The van der Waals surface area contributed by atoms with Gasteiger partial charge in [0, 0.05) is 26.6 Å². The lowest BCUT2D eigenvalue weighted by Crippen LogP contribution is -2.01. The number of para-hydroxylation sites is 1. The molecule has 4 heteroatoms. The molecule has 1 heterocycles. The smallest absolute Gasteiger partial charge is 0.134 e. The molecule has 102 valence electrons. The van der Waals surface area contributed by atoms with Gasteiger partial charge in [0.1, 0.15) is 17.4 Å².